The summed E-state index contributed by atoms with van der Waals surface area (Å²) in [5.74, 6) is 1.20. The Morgan fingerprint density at radius 1 is 0.800 bits per heavy atom. The van der Waals surface area contributed by atoms with Crippen molar-refractivity contribution in [3.8, 4) is 0 Å². The molecule has 0 unspecified atom stereocenters. The van der Waals surface area contributed by atoms with Gasteiger partial charge in [0, 0.05) is 19.8 Å². The van der Waals surface area contributed by atoms with Crippen molar-refractivity contribution in [2.45, 2.75) is 39.5 Å². The minimum atomic E-state index is 0.599. The van der Waals surface area contributed by atoms with Crippen molar-refractivity contribution < 1.29 is 0 Å². The van der Waals surface area contributed by atoms with Crippen LogP contribution < -0.4 is 4.90 Å². The van der Waals surface area contributed by atoms with E-state index in [-0.39, 0.29) is 0 Å². The molecular formula is C14H23N. The lowest BCUT2D eigenvalue weighted by Crippen LogP contribution is -2.10. The van der Waals surface area contributed by atoms with Crippen molar-refractivity contribution >= 4 is 5.69 Å². The average Bonchev–Trinajstić information content (AvgIpc) is 2.16. The molecule has 1 rings (SSSR count). The van der Waals surface area contributed by atoms with Gasteiger partial charge in [-0.05, 0) is 35.1 Å². The summed E-state index contributed by atoms with van der Waals surface area (Å²) < 4.78 is 0. The van der Waals surface area contributed by atoms with Crippen LogP contribution in [0.4, 0.5) is 5.69 Å². The van der Waals surface area contributed by atoms with E-state index in [4.69, 9.17) is 0 Å². The smallest absolute Gasteiger partial charge is 0.0366 e. The predicted molar refractivity (Wildman–Crippen MR) is 68.9 cm³/mol. The Labute approximate surface area is 94.1 Å². The van der Waals surface area contributed by atoms with Gasteiger partial charge in [-0.3, -0.25) is 0 Å². The lowest BCUT2D eigenvalue weighted by Gasteiger charge is -2.19. The van der Waals surface area contributed by atoms with Gasteiger partial charge in [0.25, 0.3) is 0 Å². The van der Waals surface area contributed by atoms with E-state index >= 15 is 0 Å². The van der Waals surface area contributed by atoms with E-state index in [1.165, 1.54) is 16.8 Å². The fourth-order valence-electron chi connectivity index (χ4n) is 1.58. The second-order valence-corrected chi connectivity index (χ2v) is 5.06. The highest BCUT2D eigenvalue weighted by atomic mass is 15.1. The van der Waals surface area contributed by atoms with Crippen molar-refractivity contribution in [2.24, 2.45) is 0 Å². The van der Waals surface area contributed by atoms with Gasteiger partial charge in [0.2, 0.25) is 0 Å². The van der Waals surface area contributed by atoms with Crippen LogP contribution in [0.15, 0.2) is 18.2 Å². The normalized spacial score (nSPS) is 11.2. The first-order chi connectivity index (χ1) is 6.91. The van der Waals surface area contributed by atoms with E-state index in [0.717, 1.165) is 0 Å². The monoisotopic (exact) mass is 205 g/mol. The number of hydrogen-bond acceptors (Lipinski definition) is 1. The predicted octanol–water partition coefficient (Wildman–Crippen LogP) is 4.00. The fourth-order valence-corrected chi connectivity index (χ4v) is 1.58. The summed E-state index contributed by atoms with van der Waals surface area (Å²) in [6.07, 6.45) is 0. The summed E-state index contributed by atoms with van der Waals surface area (Å²) in [4.78, 5) is 2.18. The van der Waals surface area contributed by atoms with Gasteiger partial charge in [-0.25, -0.2) is 0 Å². The highest BCUT2D eigenvalue weighted by molar-refractivity contribution is 5.51. The Balaban J connectivity index is 3.20. The quantitative estimate of drug-likeness (QED) is 0.721. The van der Waals surface area contributed by atoms with Gasteiger partial charge in [-0.2, -0.15) is 0 Å². The molecule has 1 heteroatoms. The van der Waals surface area contributed by atoms with E-state index < -0.39 is 0 Å². The van der Waals surface area contributed by atoms with Crippen LogP contribution >= 0.6 is 0 Å². The molecule has 0 atom stereocenters. The molecule has 0 aliphatic carbocycles. The van der Waals surface area contributed by atoms with Crippen molar-refractivity contribution in [1.82, 2.24) is 0 Å². The van der Waals surface area contributed by atoms with Crippen molar-refractivity contribution in [3.63, 3.8) is 0 Å². The van der Waals surface area contributed by atoms with Gasteiger partial charge in [-0.1, -0.05) is 33.8 Å². The molecule has 0 radical (unpaired) electrons. The molecule has 0 aliphatic rings. The number of rotatable bonds is 3. The average molecular weight is 205 g/mol. The second-order valence-electron chi connectivity index (χ2n) is 5.06. The molecule has 0 bridgehead atoms. The maximum Gasteiger partial charge on any atom is 0.0366 e. The summed E-state index contributed by atoms with van der Waals surface area (Å²) in [6.45, 7) is 9.00. The molecule has 0 aliphatic heterocycles. The lowest BCUT2D eigenvalue weighted by atomic mass is 9.95. The molecule has 1 nitrogen and oxygen atoms in total. The van der Waals surface area contributed by atoms with E-state index in [0.29, 0.717) is 11.8 Å². The molecule has 15 heavy (non-hydrogen) atoms. The van der Waals surface area contributed by atoms with Gasteiger partial charge in [0.1, 0.15) is 0 Å². The van der Waals surface area contributed by atoms with Gasteiger partial charge in [0.05, 0.1) is 0 Å². The Bertz CT molecular complexity index is 259. The Morgan fingerprint density at radius 2 is 1.20 bits per heavy atom. The standard InChI is InChI=1S/C14H23N/c1-10(2)12-7-13(11(3)4)9-14(8-12)15(5)6/h7-11H,1-6H3. The second kappa shape index (κ2) is 4.69. The van der Waals surface area contributed by atoms with Crippen molar-refractivity contribution in [1.29, 1.82) is 0 Å². The Kier molecular flexibility index (Phi) is 3.78. The molecule has 0 N–H and O–H groups in total. The summed E-state index contributed by atoms with van der Waals surface area (Å²) >= 11 is 0. The Morgan fingerprint density at radius 3 is 1.47 bits per heavy atom. The maximum absolute atomic E-state index is 2.34. The summed E-state index contributed by atoms with van der Waals surface area (Å²) in [7, 11) is 4.20. The van der Waals surface area contributed by atoms with E-state index in [9.17, 15) is 0 Å². The highest BCUT2D eigenvalue weighted by Crippen LogP contribution is 2.26. The number of hydrogen-bond donors (Lipinski definition) is 0. The lowest BCUT2D eigenvalue weighted by molar-refractivity contribution is 0.832. The van der Waals surface area contributed by atoms with Crippen molar-refractivity contribution in [2.75, 3.05) is 19.0 Å². The molecule has 0 fully saturated rings. The van der Waals surface area contributed by atoms with E-state index in [1.54, 1.807) is 0 Å². The van der Waals surface area contributed by atoms with Gasteiger partial charge >= 0.3 is 0 Å². The number of benzene rings is 1. The van der Waals surface area contributed by atoms with Crippen LogP contribution in [0.3, 0.4) is 0 Å². The first kappa shape index (κ1) is 12.1. The SMILES string of the molecule is CC(C)c1cc(C(C)C)cc(N(C)C)c1. The third-order valence-electron chi connectivity index (χ3n) is 2.81. The maximum atomic E-state index is 2.34. The molecule has 1 aromatic carbocycles. The zero-order valence-electron chi connectivity index (χ0n) is 10.8. The molecule has 0 saturated heterocycles. The minimum absolute atomic E-state index is 0.599. The van der Waals surface area contributed by atoms with Crippen LogP contribution in [0, 0.1) is 0 Å². The summed E-state index contributed by atoms with van der Waals surface area (Å²) in [5.41, 5.74) is 4.18. The highest BCUT2D eigenvalue weighted by Gasteiger charge is 2.07. The van der Waals surface area contributed by atoms with Gasteiger partial charge in [0.15, 0.2) is 0 Å². The molecule has 0 spiro atoms. The molecule has 84 valence electrons. The molecular weight excluding hydrogens is 182 g/mol. The van der Waals surface area contributed by atoms with Gasteiger partial charge in [-0.15, -0.1) is 0 Å². The zero-order valence-corrected chi connectivity index (χ0v) is 10.8. The molecule has 0 saturated carbocycles. The van der Waals surface area contributed by atoms with Crippen molar-refractivity contribution in [3.05, 3.63) is 29.3 Å². The van der Waals surface area contributed by atoms with E-state index in [1.807, 2.05) is 0 Å². The molecule has 0 heterocycles. The van der Waals surface area contributed by atoms with E-state index in [2.05, 4.69) is 64.9 Å². The fraction of sp³-hybridized carbons (Fsp3) is 0.571. The molecule has 1 aromatic rings. The molecule has 0 aromatic heterocycles. The van der Waals surface area contributed by atoms with Crippen LogP contribution in [0.5, 0.6) is 0 Å². The van der Waals surface area contributed by atoms with Gasteiger partial charge < -0.3 is 4.90 Å². The largest absolute Gasteiger partial charge is 0.378 e. The molecule has 0 amide bonds. The number of nitrogens with zero attached hydrogens (tertiary/aromatic N) is 1. The first-order valence-corrected chi connectivity index (χ1v) is 5.74. The minimum Gasteiger partial charge on any atom is -0.378 e. The zero-order chi connectivity index (χ0) is 11.6. The van der Waals surface area contributed by atoms with Crippen LogP contribution in [-0.2, 0) is 0 Å². The topological polar surface area (TPSA) is 3.24 Å². The summed E-state index contributed by atoms with van der Waals surface area (Å²) in [5, 5.41) is 0. The number of anilines is 1. The van der Waals surface area contributed by atoms with Crippen LogP contribution in [-0.4, -0.2) is 14.1 Å². The summed E-state index contributed by atoms with van der Waals surface area (Å²) in [6, 6.07) is 6.91. The first-order valence-electron chi connectivity index (χ1n) is 5.74. The Hall–Kier alpha value is -0.980. The van der Waals surface area contributed by atoms with Crippen LogP contribution in [0.2, 0.25) is 0 Å². The van der Waals surface area contributed by atoms with Crippen LogP contribution in [0.25, 0.3) is 0 Å². The third kappa shape index (κ3) is 2.98. The third-order valence-corrected chi connectivity index (χ3v) is 2.81. The van der Waals surface area contributed by atoms with Crippen LogP contribution in [0.1, 0.15) is 50.7 Å².